The third-order valence-corrected chi connectivity index (χ3v) is 6.97. The second-order valence-electron chi connectivity index (χ2n) is 8.91. The number of carbonyl (C=O) groups excluding carboxylic acids is 2. The molecule has 3 unspecified atom stereocenters. The summed E-state index contributed by atoms with van der Waals surface area (Å²) in [7, 11) is 2.06. The Morgan fingerprint density at radius 1 is 1.21 bits per heavy atom. The Morgan fingerprint density at radius 2 is 2.00 bits per heavy atom. The summed E-state index contributed by atoms with van der Waals surface area (Å²) >= 11 is 6.13. The molecule has 2 aliphatic rings. The molecule has 8 heteroatoms. The molecular weight excluding hydrogens is 443 g/mol. The molecule has 2 N–H and O–H groups in total. The fourth-order valence-corrected chi connectivity index (χ4v) is 5.10. The molecule has 0 bridgehead atoms. The van der Waals surface area contributed by atoms with Crippen molar-refractivity contribution >= 4 is 23.4 Å². The van der Waals surface area contributed by atoms with Gasteiger partial charge in [-0.2, -0.15) is 0 Å². The van der Waals surface area contributed by atoms with Crippen LogP contribution in [0.5, 0.6) is 0 Å². The summed E-state index contributed by atoms with van der Waals surface area (Å²) in [4.78, 5) is 29.8. The third kappa shape index (κ3) is 5.91. The number of amides is 2. The van der Waals surface area contributed by atoms with Gasteiger partial charge in [0.05, 0.1) is 0 Å². The summed E-state index contributed by atoms with van der Waals surface area (Å²) in [6.45, 7) is 2.42. The van der Waals surface area contributed by atoms with Crippen LogP contribution in [-0.2, 0) is 22.7 Å². The van der Waals surface area contributed by atoms with E-state index in [1.807, 2.05) is 24.3 Å². The van der Waals surface area contributed by atoms with Gasteiger partial charge >= 0.3 is 0 Å². The molecule has 4 rings (SSSR count). The van der Waals surface area contributed by atoms with Gasteiger partial charge in [0.25, 0.3) is 0 Å². The molecule has 2 aliphatic heterocycles. The van der Waals surface area contributed by atoms with Crippen LogP contribution in [0.3, 0.4) is 0 Å². The number of hydrogen-bond donors (Lipinski definition) is 2. The molecule has 0 aliphatic carbocycles. The van der Waals surface area contributed by atoms with E-state index in [4.69, 9.17) is 11.6 Å². The number of likely N-dealkylation sites (N-methyl/N-ethyl adjacent to an activating group) is 1. The first kappa shape index (κ1) is 23.7. The lowest BCUT2D eigenvalue weighted by Crippen LogP contribution is -2.49. The molecule has 2 saturated heterocycles. The second kappa shape index (κ2) is 10.6. The van der Waals surface area contributed by atoms with E-state index in [1.54, 1.807) is 12.1 Å². The number of nitrogens with zero attached hydrogens (tertiary/aromatic N) is 2. The van der Waals surface area contributed by atoms with Crippen molar-refractivity contribution in [1.82, 2.24) is 20.4 Å². The zero-order chi connectivity index (χ0) is 23.4. The molecule has 2 amide bonds. The summed E-state index contributed by atoms with van der Waals surface area (Å²) < 4.78 is 13.0. The van der Waals surface area contributed by atoms with E-state index in [9.17, 15) is 14.0 Å². The van der Waals surface area contributed by atoms with Gasteiger partial charge in [-0.25, -0.2) is 4.39 Å². The molecule has 176 valence electrons. The molecule has 33 heavy (non-hydrogen) atoms. The number of carbonyl (C=O) groups is 2. The zero-order valence-corrected chi connectivity index (χ0v) is 19.5. The van der Waals surface area contributed by atoms with Crippen LogP contribution >= 0.6 is 11.6 Å². The van der Waals surface area contributed by atoms with Crippen LogP contribution in [0.1, 0.15) is 30.4 Å². The number of likely N-dealkylation sites (tertiary alicyclic amines) is 1. The molecule has 0 spiro atoms. The van der Waals surface area contributed by atoms with Crippen LogP contribution in [-0.4, -0.2) is 59.9 Å². The number of rotatable bonds is 7. The SMILES string of the molecule is CN1C(CCC(=O)NCc2ccc(F)cc2)CNC(=O)C2C1CCN2Cc1cccc(Cl)c1. The summed E-state index contributed by atoms with van der Waals surface area (Å²) in [6.07, 6.45) is 1.93. The maximum Gasteiger partial charge on any atom is 0.239 e. The van der Waals surface area contributed by atoms with Gasteiger partial charge in [-0.1, -0.05) is 35.9 Å². The van der Waals surface area contributed by atoms with E-state index < -0.39 is 0 Å². The quantitative estimate of drug-likeness (QED) is 0.650. The minimum Gasteiger partial charge on any atom is -0.353 e. The summed E-state index contributed by atoms with van der Waals surface area (Å²) in [5, 5.41) is 6.69. The topological polar surface area (TPSA) is 64.7 Å². The number of benzene rings is 2. The minimum atomic E-state index is -0.292. The number of fused-ring (bicyclic) bond motifs is 1. The maximum atomic E-state index is 13.0. The van der Waals surface area contributed by atoms with Gasteiger partial charge in [-0.3, -0.25) is 19.4 Å². The normalized spacial score (nSPS) is 23.6. The first-order chi connectivity index (χ1) is 15.9. The fourth-order valence-electron chi connectivity index (χ4n) is 4.88. The highest BCUT2D eigenvalue weighted by molar-refractivity contribution is 6.30. The average Bonchev–Trinajstić information content (AvgIpc) is 3.16. The number of halogens is 2. The average molecular weight is 473 g/mol. The third-order valence-electron chi connectivity index (χ3n) is 6.73. The molecule has 2 aromatic carbocycles. The lowest BCUT2D eigenvalue weighted by Gasteiger charge is -2.33. The van der Waals surface area contributed by atoms with Gasteiger partial charge < -0.3 is 10.6 Å². The zero-order valence-electron chi connectivity index (χ0n) is 18.8. The Hall–Kier alpha value is -2.48. The highest BCUT2D eigenvalue weighted by atomic mass is 35.5. The van der Waals surface area contributed by atoms with Crippen LogP contribution in [0.25, 0.3) is 0 Å². The Kier molecular flexibility index (Phi) is 7.63. The maximum absolute atomic E-state index is 13.0. The molecule has 0 saturated carbocycles. The van der Waals surface area contributed by atoms with Gasteiger partial charge in [0, 0.05) is 49.7 Å². The van der Waals surface area contributed by atoms with Crippen LogP contribution < -0.4 is 10.6 Å². The van der Waals surface area contributed by atoms with Gasteiger partial charge in [-0.15, -0.1) is 0 Å². The Labute approximate surface area is 199 Å². The highest BCUT2D eigenvalue weighted by Crippen LogP contribution is 2.29. The number of nitrogens with one attached hydrogen (secondary N) is 2. The first-order valence-corrected chi connectivity index (χ1v) is 11.8. The van der Waals surface area contributed by atoms with Crippen LogP contribution in [0.2, 0.25) is 5.02 Å². The van der Waals surface area contributed by atoms with E-state index in [0.717, 1.165) is 24.1 Å². The Morgan fingerprint density at radius 3 is 2.76 bits per heavy atom. The minimum absolute atomic E-state index is 0.0474. The van der Waals surface area contributed by atoms with Gasteiger partial charge in [-0.05, 0) is 55.3 Å². The van der Waals surface area contributed by atoms with Crippen molar-refractivity contribution < 1.29 is 14.0 Å². The lowest BCUT2D eigenvalue weighted by molar-refractivity contribution is -0.126. The standard InChI is InChI=1S/C25H30ClFN4O2/c1-30-21(9-10-23(32)28-14-17-5-7-20(27)8-6-17)15-29-25(33)24-22(30)11-12-31(24)16-18-3-2-4-19(26)13-18/h2-8,13,21-22,24H,9-12,14-16H2,1H3,(H,28,32)(H,29,33). The van der Waals surface area contributed by atoms with Crippen molar-refractivity contribution in [2.24, 2.45) is 0 Å². The first-order valence-electron chi connectivity index (χ1n) is 11.4. The predicted octanol–water partition coefficient (Wildman–Crippen LogP) is 2.95. The van der Waals surface area contributed by atoms with E-state index in [2.05, 4.69) is 27.5 Å². The molecule has 0 aromatic heterocycles. The van der Waals surface area contributed by atoms with Gasteiger partial charge in [0.15, 0.2) is 0 Å². The van der Waals surface area contributed by atoms with Crippen LogP contribution in [0.15, 0.2) is 48.5 Å². The van der Waals surface area contributed by atoms with Gasteiger partial charge in [0.1, 0.15) is 11.9 Å². The van der Waals surface area contributed by atoms with Crippen molar-refractivity contribution in [3.63, 3.8) is 0 Å². The fraction of sp³-hybridized carbons (Fsp3) is 0.440. The Balaban J connectivity index is 1.32. The smallest absolute Gasteiger partial charge is 0.239 e. The number of hydrogen-bond acceptors (Lipinski definition) is 4. The highest BCUT2D eigenvalue weighted by Gasteiger charge is 2.44. The van der Waals surface area contributed by atoms with Crippen LogP contribution in [0.4, 0.5) is 4.39 Å². The van der Waals surface area contributed by atoms with Gasteiger partial charge in [0.2, 0.25) is 11.8 Å². The molecule has 6 nitrogen and oxygen atoms in total. The Bertz CT molecular complexity index is 987. The molecule has 3 atom stereocenters. The van der Waals surface area contributed by atoms with E-state index >= 15 is 0 Å². The molecule has 0 radical (unpaired) electrons. The molecule has 2 fully saturated rings. The van der Waals surface area contributed by atoms with Crippen molar-refractivity contribution in [3.05, 3.63) is 70.5 Å². The molecule has 2 aromatic rings. The van der Waals surface area contributed by atoms with Crippen molar-refractivity contribution in [2.45, 2.75) is 50.5 Å². The summed E-state index contributed by atoms with van der Waals surface area (Å²) in [6, 6.07) is 13.9. The monoisotopic (exact) mass is 472 g/mol. The largest absolute Gasteiger partial charge is 0.353 e. The van der Waals surface area contributed by atoms with E-state index in [1.165, 1.54) is 12.1 Å². The second-order valence-corrected chi connectivity index (χ2v) is 9.34. The summed E-state index contributed by atoms with van der Waals surface area (Å²) in [5.41, 5.74) is 1.95. The summed E-state index contributed by atoms with van der Waals surface area (Å²) in [5.74, 6) is -0.289. The lowest BCUT2D eigenvalue weighted by atomic mass is 10.0. The van der Waals surface area contributed by atoms with E-state index in [0.29, 0.717) is 37.5 Å². The van der Waals surface area contributed by atoms with Crippen LogP contribution in [0, 0.1) is 5.82 Å². The van der Waals surface area contributed by atoms with Crippen molar-refractivity contribution in [1.29, 1.82) is 0 Å². The molecular formula is C25H30ClFN4O2. The van der Waals surface area contributed by atoms with Crippen molar-refractivity contribution in [3.8, 4) is 0 Å². The van der Waals surface area contributed by atoms with E-state index in [-0.39, 0.29) is 35.8 Å². The molecule has 2 heterocycles. The van der Waals surface area contributed by atoms with Crippen molar-refractivity contribution in [2.75, 3.05) is 20.1 Å². The predicted molar refractivity (Wildman–Crippen MR) is 126 cm³/mol.